The number of carbonyl (C=O) groups excluding carboxylic acids is 1. The normalized spacial score (nSPS) is 10.8. The zero-order chi connectivity index (χ0) is 13.9. The van der Waals surface area contributed by atoms with Crippen molar-refractivity contribution in [2.24, 2.45) is 0 Å². The monoisotopic (exact) mass is 274 g/mol. The van der Waals surface area contributed by atoms with Crippen molar-refractivity contribution in [1.29, 1.82) is 0 Å². The van der Waals surface area contributed by atoms with Crippen molar-refractivity contribution in [3.8, 4) is 0 Å². The first-order valence-corrected chi connectivity index (χ1v) is 6.12. The SMILES string of the molecule is COC(=O)NS(=O)(=O)c1cccc([N+](=O)[O-])c1C. The number of nitrogens with zero attached hydrogens (tertiary/aromatic N) is 1. The molecule has 0 fully saturated rings. The first-order chi connectivity index (χ1) is 8.29. The number of benzene rings is 1. The Kier molecular flexibility index (Phi) is 3.86. The fraction of sp³-hybridized carbons (Fsp3) is 0.222. The summed E-state index contributed by atoms with van der Waals surface area (Å²) >= 11 is 0. The fourth-order valence-electron chi connectivity index (χ4n) is 1.30. The van der Waals surface area contributed by atoms with Crippen molar-refractivity contribution in [2.75, 3.05) is 7.11 Å². The van der Waals surface area contributed by atoms with E-state index in [0.29, 0.717) is 0 Å². The van der Waals surface area contributed by atoms with Gasteiger partial charge in [0.25, 0.3) is 15.7 Å². The van der Waals surface area contributed by atoms with E-state index in [9.17, 15) is 23.3 Å². The second-order valence-corrected chi connectivity index (χ2v) is 4.91. The van der Waals surface area contributed by atoms with Crippen LogP contribution in [0.2, 0.25) is 0 Å². The highest BCUT2D eigenvalue weighted by Gasteiger charge is 2.24. The molecular weight excluding hydrogens is 264 g/mol. The summed E-state index contributed by atoms with van der Waals surface area (Å²) in [6.07, 6.45) is -1.17. The largest absolute Gasteiger partial charge is 0.452 e. The van der Waals surface area contributed by atoms with Gasteiger partial charge in [0, 0.05) is 11.6 Å². The molecular formula is C9H10N2O6S. The summed E-state index contributed by atoms with van der Waals surface area (Å²) in [7, 11) is -3.18. The van der Waals surface area contributed by atoms with Crippen LogP contribution < -0.4 is 4.72 Å². The molecule has 0 saturated carbocycles. The molecule has 18 heavy (non-hydrogen) atoms. The molecule has 98 valence electrons. The van der Waals surface area contributed by atoms with Crippen LogP contribution in [-0.2, 0) is 14.8 Å². The summed E-state index contributed by atoms with van der Waals surface area (Å²) in [6.45, 7) is 1.28. The minimum absolute atomic E-state index is 0.0566. The summed E-state index contributed by atoms with van der Waals surface area (Å²) < 4.78 is 29.3. The van der Waals surface area contributed by atoms with Crippen LogP contribution in [0, 0.1) is 17.0 Å². The number of hydrogen-bond acceptors (Lipinski definition) is 6. The number of ether oxygens (including phenoxy) is 1. The fourth-order valence-corrected chi connectivity index (χ4v) is 2.48. The van der Waals surface area contributed by atoms with Crippen molar-refractivity contribution in [2.45, 2.75) is 11.8 Å². The van der Waals surface area contributed by atoms with Crippen molar-refractivity contribution >= 4 is 21.8 Å². The Morgan fingerprint density at radius 2 is 2.06 bits per heavy atom. The first-order valence-electron chi connectivity index (χ1n) is 4.64. The minimum atomic E-state index is -4.19. The molecule has 0 spiro atoms. The third-order valence-corrected chi connectivity index (χ3v) is 3.60. The molecule has 0 atom stereocenters. The molecule has 0 heterocycles. The lowest BCUT2D eigenvalue weighted by atomic mass is 10.2. The van der Waals surface area contributed by atoms with Crippen LogP contribution in [0.5, 0.6) is 0 Å². The van der Waals surface area contributed by atoms with E-state index in [1.165, 1.54) is 19.1 Å². The van der Waals surface area contributed by atoms with E-state index in [2.05, 4.69) is 4.74 Å². The van der Waals surface area contributed by atoms with Crippen LogP contribution in [0.3, 0.4) is 0 Å². The van der Waals surface area contributed by atoms with Crippen molar-refractivity contribution in [3.63, 3.8) is 0 Å². The van der Waals surface area contributed by atoms with Crippen molar-refractivity contribution in [1.82, 2.24) is 4.72 Å². The zero-order valence-electron chi connectivity index (χ0n) is 9.54. The maximum atomic E-state index is 11.8. The van der Waals surface area contributed by atoms with Gasteiger partial charge in [-0.2, -0.15) is 0 Å². The number of nitro benzene ring substituents is 1. The van der Waals surface area contributed by atoms with E-state index in [4.69, 9.17) is 0 Å². The molecule has 8 nitrogen and oxygen atoms in total. The third kappa shape index (κ3) is 2.74. The highest BCUT2D eigenvalue weighted by atomic mass is 32.2. The average molecular weight is 274 g/mol. The Morgan fingerprint density at radius 1 is 1.44 bits per heavy atom. The topological polar surface area (TPSA) is 116 Å². The minimum Gasteiger partial charge on any atom is -0.452 e. The predicted molar refractivity (Wildman–Crippen MR) is 60.6 cm³/mol. The molecule has 1 aromatic rings. The van der Waals surface area contributed by atoms with Crippen molar-refractivity contribution < 1.29 is 22.9 Å². The molecule has 1 rings (SSSR count). The molecule has 1 aromatic carbocycles. The lowest BCUT2D eigenvalue weighted by Crippen LogP contribution is -2.30. The lowest BCUT2D eigenvalue weighted by Gasteiger charge is -2.08. The van der Waals surface area contributed by atoms with Gasteiger partial charge < -0.3 is 4.74 Å². The smallest absolute Gasteiger partial charge is 0.420 e. The Balaban J connectivity index is 3.30. The number of sulfonamides is 1. The van der Waals surface area contributed by atoms with E-state index >= 15 is 0 Å². The Morgan fingerprint density at radius 3 is 2.56 bits per heavy atom. The number of rotatable bonds is 3. The standard InChI is InChI=1S/C9H10N2O6S/c1-6-7(11(13)14)4-3-5-8(6)18(15,16)10-9(12)17-2/h3-5H,1-2H3,(H,10,12). The molecule has 9 heteroatoms. The highest BCUT2D eigenvalue weighted by Crippen LogP contribution is 2.24. The van der Waals surface area contributed by atoms with Crippen LogP contribution in [-0.4, -0.2) is 26.5 Å². The van der Waals surface area contributed by atoms with Crippen LogP contribution in [0.1, 0.15) is 5.56 Å². The predicted octanol–water partition coefficient (Wildman–Crippen LogP) is 0.948. The summed E-state index contributed by atoms with van der Waals surface area (Å²) in [5, 5.41) is 10.7. The summed E-state index contributed by atoms with van der Waals surface area (Å²) in [4.78, 5) is 20.5. The second kappa shape index (κ2) is 5.00. The maximum absolute atomic E-state index is 11.8. The molecule has 0 aliphatic carbocycles. The van der Waals surface area contributed by atoms with Gasteiger partial charge in [0.15, 0.2) is 0 Å². The Bertz CT molecular complexity index is 595. The van der Waals surface area contributed by atoms with Crippen LogP contribution in [0.4, 0.5) is 10.5 Å². The third-order valence-electron chi connectivity index (χ3n) is 2.14. The van der Waals surface area contributed by atoms with Gasteiger partial charge in [-0.15, -0.1) is 0 Å². The van der Waals surface area contributed by atoms with Crippen LogP contribution in [0.25, 0.3) is 0 Å². The van der Waals surface area contributed by atoms with Gasteiger partial charge in [-0.3, -0.25) is 10.1 Å². The second-order valence-electron chi connectivity index (χ2n) is 3.25. The van der Waals surface area contributed by atoms with Gasteiger partial charge >= 0.3 is 6.09 Å². The van der Waals surface area contributed by atoms with E-state index in [1.54, 1.807) is 4.72 Å². The van der Waals surface area contributed by atoms with E-state index in [1.807, 2.05) is 0 Å². The van der Waals surface area contributed by atoms with E-state index < -0.39 is 21.0 Å². The molecule has 0 aliphatic rings. The molecule has 0 unspecified atom stereocenters. The number of amides is 1. The number of nitro groups is 1. The molecule has 0 aromatic heterocycles. The number of carbonyl (C=O) groups is 1. The number of methoxy groups -OCH3 is 1. The van der Waals surface area contributed by atoms with Crippen LogP contribution in [0.15, 0.2) is 23.1 Å². The zero-order valence-corrected chi connectivity index (χ0v) is 10.4. The van der Waals surface area contributed by atoms with E-state index in [0.717, 1.165) is 13.2 Å². The van der Waals surface area contributed by atoms with Gasteiger partial charge in [0.1, 0.15) is 0 Å². The highest BCUT2D eigenvalue weighted by molar-refractivity contribution is 7.90. The van der Waals surface area contributed by atoms with Crippen LogP contribution >= 0.6 is 0 Å². The average Bonchev–Trinajstić information content (AvgIpc) is 2.27. The van der Waals surface area contributed by atoms with Gasteiger partial charge in [0.05, 0.1) is 16.9 Å². The molecule has 1 amide bonds. The number of hydrogen-bond donors (Lipinski definition) is 1. The Hall–Kier alpha value is -2.16. The summed E-state index contributed by atoms with van der Waals surface area (Å²) in [5.74, 6) is 0. The summed E-state index contributed by atoms with van der Waals surface area (Å²) in [6, 6.07) is 3.55. The molecule has 0 bridgehead atoms. The van der Waals surface area contributed by atoms with Gasteiger partial charge in [-0.25, -0.2) is 17.9 Å². The lowest BCUT2D eigenvalue weighted by molar-refractivity contribution is -0.385. The molecule has 0 radical (unpaired) electrons. The molecule has 0 aliphatic heterocycles. The van der Waals surface area contributed by atoms with E-state index in [-0.39, 0.29) is 16.1 Å². The first kappa shape index (κ1) is 13.9. The van der Waals surface area contributed by atoms with Gasteiger partial charge in [-0.1, -0.05) is 6.07 Å². The quantitative estimate of drug-likeness (QED) is 0.648. The molecule has 0 saturated heterocycles. The Labute approximate surface area is 103 Å². The molecule has 1 N–H and O–H groups in total. The maximum Gasteiger partial charge on any atom is 0.420 e. The number of nitrogens with one attached hydrogen (secondary N) is 1. The van der Waals surface area contributed by atoms with Gasteiger partial charge in [0.2, 0.25) is 0 Å². The van der Waals surface area contributed by atoms with Gasteiger partial charge in [-0.05, 0) is 13.0 Å². The summed E-state index contributed by atoms with van der Waals surface area (Å²) in [5.41, 5.74) is -0.401. The van der Waals surface area contributed by atoms with Crippen molar-refractivity contribution in [3.05, 3.63) is 33.9 Å².